The highest BCUT2D eigenvalue weighted by atomic mass is 15.2. The van der Waals surface area contributed by atoms with Crippen molar-refractivity contribution in [2.24, 2.45) is 0 Å². The molecule has 0 atom stereocenters. The summed E-state index contributed by atoms with van der Waals surface area (Å²) in [4.78, 5) is 4.89. The van der Waals surface area contributed by atoms with Gasteiger partial charge in [0.1, 0.15) is 0 Å². The Labute approximate surface area is 432 Å². The molecule has 0 heterocycles. The number of aryl methyl sites for hydroxylation is 4. The lowest BCUT2D eigenvalue weighted by atomic mass is 9.91. The zero-order chi connectivity index (χ0) is 50.5. The van der Waals surface area contributed by atoms with Crippen LogP contribution in [-0.4, -0.2) is 0 Å². The Morgan fingerprint density at radius 1 is 0.297 bits per heavy atom. The van der Waals surface area contributed by atoms with Crippen LogP contribution in [0, 0.1) is 50.4 Å². The van der Waals surface area contributed by atoms with Gasteiger partial charge in [0.25, 0.3) is 0 Å². The van der Waals surface area contributed by atoms with Gasteiger partial charge in [-0.2, -0.15) is 10.5 Å². The molecule has 0 fully saturated rings. The van der Waals surface area contributed by atoms with Gasteiger partial charge in [0.2, 0.25) is 0 Å². The number of nitrogens with zero attached hydrogens (tertiary/aromatic N) is 4. The van der Waals surface area contributed by atoms with Gasteiger partial charge in [-0.25, -0.2) is 0 Å². The highest BCUT2D eigenvalue weighted by Gasteiger charge is 2.25. The lowest BCUT2D eigenvalue weighted by Gasteiger charge is -2.31. The summed E-state index contributed by atoms with van der Waals surface area (Å²) in [5, 5.41) is 26.5. The van der Waals surface area contributed by atoms with Crippen molar-refractivity contribution >= 4 is 66.4 Å². The van der Waals surface area contributed by atoms with Crippen molar-refractivity contribution in [2.75, 3.05) is 9.80 Å². The van der Waals surface area contributed by atoms with Crippen LogP contribution in [0.1, 0.15) is 33.4 Å². The van der Waals surface area contributed by atoms with Crippen molar-refractivity contribution in [3.63, 3.8) is 0 Å². The monoisotopic (exact) mass is 946 g/mol. The third-order valence-corrected chi connectivity index (χ3v) is 14.5. The quantitative estimate of drug-likeness (QED) is 0.128. The average Bonchev–Trinajstić information content (AvgIpc) is 3.45. The molecule has 4 heteroatoms. The van der Waals surface area contributed by atoms with E-state index < -0.39 is 0 Å². The molecule has 4 nitrogen and oxygen atoms in total. The molecule has 0 radical (unpaired) electrons. The predicted octanol–water partition coefficient (Wildman–Crippen LogP) is 19.2. The molecule has 0 bridgehead atoms. The van der Waals surface area contributed by atoms with Gasteiger partial charge in [-0.1, -0.05) is 157 Å². The molecule has 0 N–H and O–H groups in total. The fraction of sp³-hybridized carbons (Fsp3) is 0.0571. The molecule has 0 unspecified atom stereocenters. The van der Waals surface area contributed by atoms with E-state index in [4.69, 9.17) is 0 Å². The molecule has 12 rings (SSSR count). The van der Waals surface area contributed by atoms with Crippen molar-refractivity contribution < 1.29 is 0 Å². The zero-order valence-electron chi connectivity index (χ0n) is 41.7. The van der Waals surface area contributed by atoms with Gasteiger partial charge in [-0.15, -0.1) is 0 Å². The molecule has 350 valence electrons. The van der Waals surface area contributed by atoms with E-state index in [2.05, 4.69) is 256 Å². The predicted molar refractivity (Wildman–Crippen MR) is 310 cm³/mol. The molecule has 0 aliphatic rings. The Kier molecular flexibility index (Phi) is 11.5. The van der Waals surface area contributed by atoms with Gasteiger partial charge >= 0.3 is 0 Å². The summed E-state index contributed by atoms with van der Waals surface area (Å²) in [6.45, 7) is 8.73. The molecular formula is C70H50N4. The number of nitriles is 2. The smallest absolute Gasteiger partial charge is 0.0991 e. The Hall–Kier alpha value is -9.74. The van der Waals surface area contributed by atoms with Crippen molar-refractivity contribution in [2.45, 2.75) is 27.7 Å². The average molecular weight is 947 g/mol. The summed E-state index contributed by atoms with van der Waals surface area (Å²) in [6.07, 6.45) is 0. The molecule has 12 aromatic rings. The molecule has 0 saturated carbocycles. The highest BCUT2D eigenvalue weighted by molar-refractivity contribution is 6.28. The molecule has 0 aliphatic carbocycles. The SMILES string of the molecule is Cc1ccc(N(c2cc(-c3ccccc3)cc(-c3ccc(C#N)cc3)c2)c2ccc3ccc4c(N(c5cc(-c6ccccc6)cc(-c6ccc(C#N)cc6)c5)c5ccc(C)cc5C)ccc5ccc2c3c54)c(C)c1. The molecule has 0 amide bonds. The fourth-order valence-corrected chi connectivity index (χ4v) is 11.0. The largest absolute Gasteiger partial charge is 0.310 e. The van der Waals surface area contributed by atoms with Crippen LogP contribution in [0.2, 0.25) is 0 Å². The van der Waals surface area contributed by atoms with Crippen LogP contribution in [-0.2, 0) is 0 Å². The summed E-state index contributed by atoms with van der Waals surface area (Å²) >= 11 is 0. The second-order valence-corrected chi connectivity index (χ2v) is 19.5. The summed E-state index contributed by atoms with van der Waals surface area (Å²) in [6, 6.07) is 87.2. The van der Waals surface area contributed by atoms with E-state index in [1.54, 1.807) is 0 Å². The van der Waals surface area contributed by atoms with Crippen LogP contribution in [0.4, 0.5) is 34.1 Å². The Morgan fingerprint density at radius 2 is 0.635 bits per heavy atom. The third kappa shape index (κ3) is 8.25. The first kappa shape index (κ1) is 45.4. The Bertz CT molecular complexity index is 3910. The van der Waals surface area contributed by atoms with Crippen LogP contribution in [0.3, 0.4) is 0 Å². The van der Waals surface area contributed by atoms with Gasteiger partial charge in [0.05, 0.1) is 34.6 Å². The minimum atomic E-state index is 0.632. The fourth-order valence-electron chi connectivity index (χ4n) is 11.0. The topological polar surface area (TPSA) is 54.1 Å². The van der Waals surface area contributed by atoms with E-state index in [1.807, 2.05) is 24.3 Å². The maximum Gasteiger partial charge on any atom is 0.0991 e. The van der Waals surface area contributed by atoms with Gasteiger partial charge < -0.3 is 9.80 Å². The number of hydrogen-bond acceptors (Lipinski definition) is 4. The lowest BCUT2D eigenvalue weighted by Crippen LogP contribution is -2.13. The zero-order valence-corrected chi connectivity index (χ0v) is 41.7. The second kappa shape index (κ2) is 18.8. The van der Waals surface area contributed by atoms with Gasteiger partial charge in [0, 0.05) is 33.5 Å². The standard InChI is InChI=1S/C70H50N4/c1-45-15-31-65(47(3)35-45)73(61-39-57(51-11-7-5-8-12-51)37-59(41-61)53-21-17-49(43-71)18-22-53)67-33-27-55-26-30-64-68(34-28-56-25-29-63(67)69(55)70(56)64)74(66-32-16-46(2)36-48(66)4)62-40-58(52-13-9-6-10-14-52)38-60(42-62)54-23-19-50(44-72)20-24-54/h5-42H,1-4H3. The van der Waals surface area contributed by atoms with Gasteiger partial charge in [0.15, 0.2) is 0 Å². The van der Waals surface area contributed by atoms with E-state index in [0.717, 1.165) is 89.4 Å². The first-order valence-corrected chi connectivity index (χ1v) is 25.1. The number of anilines is 6. The van der Waals surface area contributed by atoms with E-state index in [-0.39, 0.29) is 0 Å². The van der Waals surface area contributed by atoms with E-state index in [1.165, 1.54) is 43.8 Å². The summed E-state index contributed by atoms with van der Waals surface area (Å²) < 4.78 is 0. The normalized spacial score (nSPS) is 11.2. The van der Waals surface area contributed by atoms with Crippen LogP contribution < -0.4 is 9.80 Å². The van der Waals surface area contributed by atoms with Gasteiger partial charge in [-0.05, 0) is 190 Å². The minimum Gasteiger partial charge on any atom is -0.310 e. The number of rotatable bonds is 10. The molecule has 12 aromatic carbocycles. The van der Waals surface area contributed by atoms with E-state index >= 15 is 0 Å². The summed E-state index contributed by atoms with van der Waals surface area (Å²) in [5.74, 6) is 0. The van der Waals surface area contributed by atoms with Crippen molar-refractivity contribution in [3.05, 3.63) is 264 Å². The number of benzene rings is 12. The Balaban J connectivity index is 1.11. The van der Waals surface area contributed by atoms with Crippen LogP contribution >= 0.6 is 0 Å². The molecule has 0 saturated heterocycles. The van der Waals surface area contributed by atoms with Crippen molar-refractivity contribution in [3.8, 4) is 56.6 Å². The van der Waals surface area contributed by atoms with E-state index in [9.17, 15) is 10.5 Å². The second-order valence-electron chi connectivity index (χ2n) is 19.5. The van der Waals surface area contributed by atoms with Crippen LogP contribution in [0.15, 0.2) is 231 Å². The molecule has 0 aromatic heterocycles. The van der Waals surface area contributed by atoms with Gasteiger partial charge in [-0.3, -0.25) is 0 Å². The first-order chi connectivity index (χ1) is 36.2. The first-order valence-electron chi connectivity index (χ1n) is 25.1. The lowest BCUT2D eigenvalue weighted by molar-refractivity contribution is 1.25. The maximum absolute atomic E-state index is 9.71. The molecule has 0 aliphatic heterocycles. The minimum absolute atomic E-state index is 0.632. The summed E-state index contributed by atoms with van der Waals surface area (Å²) in [7, 11) is 0. The van der Waals surface area contributed by atoms with E-state index in [0.29, 0.717) is 11.1 Å². The molecule has 0 spiro atoms. The van der Waals surface area contributed by atoms with Crippen molar-refractivity contribution in [1.29, 1.82) is 10.5 Å². The Morgan fingerprint density at radius 3 is 0.986 bits per heavy atom. The number of hydrogen-bond donors (Lipinski definition) is 0. The van der Waals surface area contributed by atoms with Crippen LogP contribution in [0.5, 0.6) is 0 Å². The molecule has 74 heavy (non-hydrogen) atoms. The highest BCUT2D eigenvalue weighted by Crippen LogP contribution is 2.50. The summed E-state index contributed by atoms with van der Waals surface area (Å²) in [5.41, 5.74) is 21.1. The third-order valence-electron chi connectivity index (χ3n) is 14.5. The maximum atomic E-state index is 9.71. The van der Waals surface area contributed by atoms with Crippen LogP contribution in [0.25, 0.3) is 76.8 Å². The van der Waals surface area contributed by atoms with Crippen molar-refractivity contribution in [1.82, 2.24) is 0 Å². The molecular weight excluding hydrogens is 897 g/mol.